The summed E-state index contributed by atoms with van der Waals surface area (Å²) in [5, 5.41) is 13.3. The molecule has 1 saturated heterocycles. The first kappa shape index (κ1) is 20.5. The number of benzene rings is 2. The Kier molecular flexibility index (Phi) is 6.40. The number of anilines is 2. The molecule has 1 atom stereocenters. The van der Waals surface area contributed by atoms with Crippen LogP contribution in [0.1, 0.15) is 12.0 Å². The van der Waals surface area contributed by atoms with E-state index in [1.165, 1.54) is 5.69 Å². The van der Waals surface area contributed by atoms with Crippen LogP contribution >= 0.6 is 0 Å². The van der Waals surface area contributed by atoms with Crippen molar-refractivity contribution in [3.8, 4) is 11.5 Å². The van der Waals surface area contributed by atoms with Crippen LogP contribution in [0.15, 0.2) is 42.5 Å². The molecule has 2 aliphatic heterocycles. The lowest BCUT2D eigenvalue weighted by Crippen LogP contribution is -2.49. The molecule has 0 saturated carbocycles. The summed E-state index contributed by atoms with van der Waals surface area (Å²) in [5.41, 5.74) is 3.13. The van der Waals surface area contributed by atoms with Crippen molar-refractivity contribution in [3.05, 3.63) is 48.0 Å². The number of methoxy groups -OCH3 is 1. The van der Waals surface area contributed by atoms with E-state index in [4.69, 9.17) is 9.47 Å². The smallest absolute Gasteiger partial charge is 0.224 e. The number of carbonyl (C=O) groups is 1. The molecule has 2 heterocycles. The Balaban J connectivity index is 1.21. The molecule has 1 fully saturated rings. The Morgan fingerprint density at radius 1 is 1.03 bits per heavy atom. The number of nitrogens with zero attached hydrogens (tertiary/aromatic N) is 2. The van der Waals surface area contributed by atoms with Gasteiger partial charge in [-0.3, -0.25) is 9.69 Å². The minimum absolute atomic E-state index is 0.0543. The van der Waals surface area contributed by atoms with Gasteiger partial charge in [0.1, 0.15) is 24.2 Å². The average molecular weight is 412 g/mol. The van der Waals surface area contributed by atoms with Crippen molar-refractivity contribution in [1.29, 1.82) is 0 Å². The van der Waals surface area contributed by atoms with Gasteiger partial charge in [-0.15, -0.1) is 0 Å². The molecule has 4 rings (SSSR count). The fourth-order valence-electron chi connectivity index (χ4n) is 3.97. The van der Waals surface area contributed by atoms with Crippen molar-refractivity contribution in [2.45, 2.75) is 18.9 Å². The van der Waals surface area contributed by atoms with E-state index in [0.717, 1.165) is 55.3 Å². The van der Waals surface area contributed by atoms with E-state index in [-0.39, 0.29) is 12.5 Å². The van der Waals surface area contributed by atoms with E-state index in [9.17, 15) is 9.90 Å². The Morgan fingerprint density at radius 2 is 1.77 bits per heavy atom. The van der Waals surface area contributed by atoms with Crippen molar-refractivity contribution in [2.75, 3.05) is 56.7 Å². The lowest BCUT2D eigenvalue weighted by molar-refractivity contribution is -0.116. The summed E-state index contributed by atoms with van der Waals surface area (Å²) in [6.45, 7) is 4.51. The summed E-state index contributed by atoms with van der Waals surface area (Å²) in [6, 6.07) is 13.8. The zero-order valence-corrected chi connectivity index (χ0v) is 17.3. The van der Waals surface area contributed by atoms with Crippen molar-refractivity contribution in [1.82, 2.24) is 4.90 Å². The summed E-state index contributed by atoms with van der Waals surface area (Å²) in [7, 11) is 1.67. The highest BCUT2D eigenvalue weighted by atomic mass is 16.5. The number of carbonyl (C=O) groups excluding carboxylic acids is 1. The highest BCUT2D eigenvalue weighted by Gasteiger charge is 2.20. The van der Waals surface area contributed by atoms with Gasteiger partial charge in [0.25, 0.3) is 0 Å². The summed E-state index contributed by atoms with van der Waals surface area (Å²) in [4.78, 5) is 16.1. The third-order valence-corrected chi connectivity index (χ3v) is 5.69. The third kappa shape index (κ3) is 5.04. The summed E-state index contributed by atoms with van der Waals surface area (Å²) >= 11 is 0. The van der Waals surface area contributed by atoms with Crippen LogP contribution in [0.25, 0.3) is 0 Å². The topological polar surface area (TPSA) is 74.3 Å². The van der Waals surface area contributed by atoms with Gasteiger partial charge in [-0.2, -0.15) is 0 Å². The molecule has 0 bridgehead atoms. The van der Waals surface area contributed by atoms with Crippen molar-refractivity contribution in [3.63, 3.8) is 0 Å². The molecule has 0 aliphatic carbocycles. The first-order valence-electron chi connectivity index (χ1n) is 10.5. The second kappa shape index (κ2) is 9.36. The van der Waals surface area contributed by atoms with E-state index in [1.54, 1.807) is 7.11 Å². The minimum Gasteiger partial charge on any atom is -0.497 e. The highest BCUT2D eigenvalue weighted by Crippen LogP contribution is 2.27. The number of piperazine rings is 1. The molecule has 0 aromatic heterocycles. The molecule has 0 spiro atoms. The van der Waals surface area contributed by atoms with Gasteiger partial charge in [0.15, 0.2) is 0 Å². The third-order valence-electron chi connectivity index (χ3n) is 5.69. The Bertz CT molecular complexity index is 863. The van der Waals surface area contributed by atoms with Crippen molar-refractivity contribution >= 4 is 17.3 Å². The molecule has 1 amide bonds. The molecule has 0 radical (unpaired) electrons. The predicted molar refractivity (Wildman–Crippen MR) is 117 cm³/mol. The zero-order valence-electron chi connectivity index (χ0n) is 17.3. The van der Waals surface area contributed by atoms with Crippen LogP contribution in [0.3, 0.4) is 0 Å². The van der Waals surface area contributed by atoms with Crippen LogP contribution in [0.2, 0.25) is 0 Å². The number of hydrogen-bond acceptors (Lipinski definition) is 6. The van der Waals surface area contributed by atoms with Crippen molar-refractivity contribution in [2.24, 2.45) is 0 Å². The van der Waals surface area contributed by atoms with Gasteiger partial charge in [-0.25, -0.2) is 0 Å². The van der Waals surface area contributed by atoms with Crippen LogP contribution in [0.4, 0.5) is 11.4 Å². The van der Waals surface area contributed by atoms with E-state index < -0.39 is 6.10 Å². The number of hydrogen-bond donors (Lipinski definition) is 2. The zero-order chi connectivity index (χ0) is 20.9. The van der Waals surface area contributed by atoms with Crippen LogP contribution in [0.5, 0.6) is 11.5 Å². The molecule has 2 N–H and O–H groups in total. The van der Waals surface area contributed by atoms with Gasteiger partial charge in [0.2, 0.25) is 5.91 Å². The number of aliphatic hydroxyl groups is 1. The molecule has 160 valence electrons. The molecule has 2 aromatic rings. The van der Waals surface area contributed by atoms with Crippen LogP contribution < -0.4 is 19.7 Å². The number of aryl methyl sites for hydroxylation is 1. The second-order valence-corrected chi connectivity index (χ2v) is 7.82. The number of aliphatic hydroxyl groups excluding tert-OH is 1. The fraction of sp³-hybridized carbons (Fsp3) is 0.435. The quantitative estimate of drug-likeness (QED) is 0.727. The average Bonchev–Trinajstić information content (AvgIpc) is 2.78. The number of nitrogens with one attached hydrogen (secondary N) is 1. The number of ether oxygens (including phenoxy) is 2. The SMILES string of the molecule is COc1ccc(N2CCN(C[C@H](O)COc3ccc4c(c3)CCC(=O)N4)CC2)cc1. The van der Waals surface area contributed by atoms with Crippen LogP contribution in [-0.4, -0.2) is 68.5 Å². The number of rotatable bonds is 7. The van der Waals surface area contributed by atoms with Gasteiger partial charge in [0, 0.05) is 50.5 Å². The first-order valence-corrected chi connectivity index (χ1v) is 10.5. The Labute approximate surface area is 177 Å². The molecular weight excluding hydrogens is 382 g/mol. The monoisotopic (exact) mass is 411 g/mol. The highest BCUT2D eigenvalue weighted by molar-refractivity contribution is 5.94. The normalized spacial score (nSPS) is 17.8. The van der Waals surface area contributed by atoms with Crippen LogP contribution in [-0.2, 0) is 11.2 Å². The maximum Gasteiger partial charge on any atom is 0.224 e. The van der Waals surface area contributed by atoms with E-state index in [2.05, 4.69) is 27.2 Å². The summed E-state index contributed by atoms with van der Waals surface area (Å²) < 4.78 is 11.0. The largest absolute Gasteiger partial charge is 0.497 e. The number of β-amino-alcohol motifs (C(OH)–C–C–N with tert-alkyl or cyclic N) is 1. The van der Waals surface area contributed by atoms with Gasteiger partial charge < -0.3 is 24.8 Å². The molecule has 7 nitrogen and oxygen atoms in total. The molecule has 2 aromatic carbocycles. The van der Waals surface area contributed by atoms with E-state index >= 15 is 0 Å². The van der Waals surface area contributed by atoms with E-state index in [1.807, 2.05) is 30.3 Å². The Morgan fingerprint density at radius 3 is 2.50 bits per heavy atom. The summed E-state index contributed by atoms with van der Waals surface area (Å²) in [5.74, 6) is 1.65. The minimum atomic E-state index is -0.548. The Hall–Kier alpha value is -2.77. The maximum atomic E-state index is 11.5. The molecule has 30 heavy (non-hydrogen) atoms. The molecule has 2 aliphatic rings. The number of fused-ring (bicyclic) bond motifs is 1. The second-order valence-electron chi connectivity index (χ2n) is 7.82. The van der Waals surface area contributed by atoms with Crippen molar-refractivity contribution < 1.29 is 19.4 Å². The molecular formula is C23H29N3O4. The standard InChI is InChI=1S/C23H29N3O4/c1-29-20-5-3-18(4-6-20)26-12-10-25(11-13-26)15-19(27)16-30-21-7-8-22-17(14-21)2-9-23(28)24-22/h3-8,14,19,27H,2,9-13,15-16H2,1H3,(H,24,28)/t19-/m0/s1. The molecule has 7 heteroatoms. The first-order chi connectivity index (χ1) is 14.6. The van der Waals surface area contributed by atoms with Crippen LogP contribution in [0, 0.1) is 0 Å². The van der Waals surface area contributed by atoms with Gasteiger partial charge >= 0.3 is 0 Å². The van der Waals surface area contributed by atoms with E-state index in [0.29, 0.717) is 13.0 Å². The van der Waals surface area contributed by atoms with Gasteiger partial charge in [-0.1, -0.05) is 0 Å². The lowest BCUT2D eigenvalue weighted by atomic mass is 10.0. The summed E-state index contributed by atoms with van der Waals surface area (Å²) in [6.07, 6.45) is 0.675. The maximum absolute atomic E-state index is 11.5. The van der Waals surface area contributed by atoms with Gasteiger partial charge in [-0.05, 0) is 54.4 Å². The lowest BCUT2D eigenvalue weighted by Gasteiger charge is -2.36. The molecule has 0 unspecified atom stereocenters. The predicted octanol–water partition coefficient (Wildman–Crippen LogP) is 2.14. The van der Waals surface area contributed by atoms with Gasteiger partial charge in [0.05, 0.1) is 7.11 Å². The fourth-order valence-corrected chi connectivity index (χ4v) is 3.97. The number of amides is 1.